The molecule has 0 aliphatic carbocycles. The zero-order valence-electron chi connectivity index (χ0n) is 19.0. The number of nitrogens with one attached hydrogen (secondary N) is 1. The Bertz CT molecular complexity index is 1070. The number of carbonyl (C=O) groups excluding carboxylic acids is 2. The molecule has 0 unspecified atom stereocenters. The second-order valence-corrected chi connectivity index (χ2v) is 7.04. The summed E-state index contributed by atoms with van der Waals surface area (Å²) >= 11 is 0. The second kappa shape index (κ2) is 11.6. The molecule has 1 N–H and O–H groups in total. The van der Waals surface area contributed by atoms with Crippen LogP contribution in [0.4, 0.5) is 11.4 Å². The Morgan fingerprint density at radius 1 is 0.879 bits per heavy atom. The maximum atomic E-state index is 13.0. The number of methoxy groups -OCH3 is 1. The monoisotopic (exact) mass is 448 g/mol. The van der Waals surface area contributed by atoms with Gasteiger partial charge in [0.2, 0.25) is 0 Å². The first-order valence-electron chi connectivity index (χ1n) is 10.8. The molecule has 0 heterocycles. The van der Waals surface area contributed by atoms with Gasteiger partial charge < -0.3 is 24.4 Å². The quantitative estimate of drug-likeness (QED) is 0.483. The number of para-hydroxylation sites is 1. The molecule has 7 nitrogen and oxygen atoms in total. The van der Waals surface area contributed by atoms with Crippen LogP contribution in [0.5, 0.6) is 17.2 Å². The SMILES string of the molecule is CCOc1ccc(NC(=O)COc2ccc(C(=O)N(CC)c3ccccc3)cc2OC)cc1. The highest BCUT2D eigenvalue weighted by molar-refractivity contribution is 6.06. The summed E-state index contributed by atoms with van der Waals surface area (Å²) in [5, 5.41) is 2.77. The first-order valence-corrected chi connectivity index (χ1v) is 10.8. The van der Waals surface area contributed by atoms with E-state index in [0.29, 0.717) is 35.9 Å². The van der Waals surface area contributed by atoms with Crippen molar-refractivity contribution in [3.05, 3.63) is 78.4 Å². The molecule has 0 radical (unpaired) electrons. The number of benzene rings is 3. The zero-order valence-corrected chi connectivity index (χ0v) is 19.0. The highest BCUT2D eigenvalue weighted by Crippen LogP contribution is 2.29. The number of anilines is 2. The predicted octanol–water partition coefficient (Wildman–Crippen LogP) is 4.78. The standard InChI is InChI=1S/C26H28N2O5/c1-4-28(21-9-7-6-8-10-21)26(30)19-11-16-23(24(17-19)31-3)33-18-25(29)27-20-12-14-22(15-13-20)32-5-2/h6-17H,4-5,18H2,1-3H3,(H,27,29). The Labute approximate surface area is 193 Å². The molecule has 0 atom stereocenters. The molecule has 0 saturated heterocycles. The van der Waals surface area contributed by atoms with Crippen LogP contribution in [0.15, 0.2) is 72.8 Å². The van der Waals surface area contributed by atoms with Crippen molar-refractivity contribution in [2.45, 2.75) is 13.8 Å². The topological polar surface area (TPSA) is 77.1 Å². The van der Waals surface area contributed by atoms with E-state index in [-0.39, 0.29) is 18.4 Å². The first kappa shape index (κ1) is 23.7. The summed E-state index contributed by atoms with van der Waals surface area (Å²) in [5.41, 5.74) is 1.92. The van der Waals surface area contributed by atoms with Gasteiger partial charge >= 0.3 is 0 Å². The lowest BCUT2D eigenvalue weighted by molar-refractivity contribution is -0.118. The molecule has 3 aromatic carbocycles. The molecule has 0 saturated carbocycles. The summed E-state index contributed by atoms with van der Waals surface area (Å²) in [6, 6.07) is 21.5. The molecule has 0 aromatic heterocycles. The van der Waals surface area contributed by atoms with Gasteiger partial charge in [0.1, 0.15) is 5.75 Å². The van der Waals surface area contributed by atoms with Crippen LogP contribution in [0.1, 0.15) is 24.2 Å². The molecular weight excluding hydrogens is 420 g/mol. The molecular formula is C26H28N2O5. The third-order valence-corrected chi connectivity index (χ3v) is 4.85. The number of nitrogens with zero attached hydrogens (tertiary/aromatic N) is 1. The van der Waals surface area contributed by atoms with Crippen molar-refractivity contribution in [3.63, 3.8) is 0 Å². The smallest absolute Gasteiger partial charge is 0.262 e. The molecule has 7 heteroatoms. The van der Waals surface area contributed by atoms with Crippen molar-refractivity contribution >= 4 is 23.2 Å². The van der Waals surface area contributed by atoms with Gasteiger partial charge in [0, 0.05) is 23.5 Å². The average molecular weight is 449 g/mol. The zero-order chi connectivity index (χ0) is 23.6. The van der Waals surface area contributed by atoms with Gasteiger partial charge in [-0.1, -0.05) is 18.2 Å². The number of hydrogen-bond donors (Lipinski definition) is 1. The van der Waals surface area contributed by atoms with E-state index in [0.717, 1.165) is 11.4 Å². The Kier molecular flexibility index (Phi) is 8.30. The summed E-state index contributed by atoms with van der Waals surface area (Å²) in [5.74, 6) is 1.02. The predicted molar refractivity (Wildman–Crippen MR) is 129 cm³/mol. The Balaban J connectivity index is 1.64. The molecule has 3 rings (SSSR count). The van der Waals surface area contributed by atoms with Gasteiger partial charge in [0.15, 0.2) is 18.1 Å². The number of carbonyl (C=O) groups is 2. The van der Waals surface area contributed by atoms with Gasteiger partial charge in [-0.3, -0.25) is 9.59 Å². The minimum Gasteiger partial charge on any atom is -0.494 e. The summed E-state index contributed by atoms with van der Waals surface area (Å²) in [6.45, 7) is 4.72. The Hall–Kier alpha value is -4.00. The van der Waals surface area contributed by atoms with E-state index in [1.54, 1.807) is 47.4 Å². The van der Waals surface area contributed by atoms with E-state index in [4.69, 9.17) is 14.2 Å². The van der Waals surface area contributed by atoms with Crippen LogP contribution in [-0.2, 0) is 4.79 Å². The van der Waals surface area contributed by atoms with Crippen molar-refractivity contribution in [1.29, 1.82) is 0 Å². The van der Waals surface area contributed by atoms with Gasteiger partial charge in [-0.15, -0.1) is 0 Å². The molecule has 0 aliphatic rings. The lowest BCUT2D eigenvalue weighted by Gasteiger charge is -2.21. The first-order chi connectivity index (χ1) is 16.0. The van der Waals surface area contributed by atoms with Gasteiger partial charge in [0.25, 0.3) is 11.8 Å². The van der Waals surface area contributed by atoms with E-state index >= 15 is 0 Å². The summed E-state index contributed by atoms with van der Waals surface area (Å²) in [7, 11) is 1.49. The van der Waals surface area contributed by atoms with Gasteiger partial charge in [-0.05, 0) is 68.4 Å². The summed E-state index contributed by atoms with van der Waals surface area (Å²) in [4.78, 5) is 27.0. The third kappa shape index (κ3) is 6.26. The van der Waals surface area contributed by atoms with Crippen molar-refractivity contribution in [3.8, 4) is 17.2 Å². The minimum absolute atomic E-state index is 0.151. The van der Waals surface area contributed by atoms with Crippen molar-refractivity contribution in [2.24, 2.45) is 0 Å². The van der Waals surface area contributed by atoms with Crippen LogP contribution in [-0.4, -0.2) is 38.7 Å². The van der Waals surface area contributed by atoms with E-state index < -0.39 is 0 Å². The van der Waals surface area contributed by atoms with Crippen molar-refractivity contribution < 1.29 is 23.8 Å². The van der Waals surface area contributed by atoms with Gasteiger partial charge in [-0.2, -0.15) is 0 Å². The fourth-order valence-electron chi connectivity index (χ4n) is 3.27. The molecule has 0 spiro atoms. The van der Waals surface area contributed by atoms with E-state index in [1.165, 1.54) is 7.11 Å². The number of ether oxygens (including phenoxy) is 3. The average Bonchev–Trinajstić information content (AvgIpc) is 2.85. The Morgan fingerprint density at radius 2 is 1.61 bits per heavy atom. The van der Waals surface area contributed by atoms with E-state index in [1.807, 2.05) is 44.2 Å². The fraction of sp³-hybridized carbons (Fsp3) is 0.231. The van der Waals surface area contributed by atoms with Crippen LogP contribution in [0.3, 0.4) is 0 Å². The van der Waals surface area contributed by atoms with E-state index in [9.17, 15) is 9.59 Å². The molecule has 0 fully saturated rings. The van der Waals surface area contributed by atoms with Crippen LogP contribution in [0.2, 0.25) is 0 Å². The van der Waals surface area contributed by atoms with Gasteiger partial charge in [0.05, 0.1) is 13.7 Å². The fourth-order valence-corrected chi connectivity index (χ4v) is 3.27. The van der Waals surface area contributed by atoms with Crippen LogP contribution >= 0.6 is 0 Å². The van der Waals surface area contributed by atoms with Crippen molar-refractivity contribution in [1.82, 2.24) is 0 Å². The Morgan fingerprint density at radius 3 is 2.24 bits per heavy atom. The van der Waals surface area contributed by atoms with E-state index in [2.05, 4.69) is 5.32 Å². The number of hydrogen-bond acceptors (Lipinski definition) is 5. The van der Waals surface area contributed by atoms with Crippen LogP contribution in [0, 0.1) is 0 Å². The summed E-state index contributed by atoms with van der Waals surface area (Å²) < 4.78 is 16.4. The minimum atomic E-state index is -0.317. The van der Waals surface area contributed by atoms with Gasteiger partial charge in [-0.25, -0.2) is 0 Å². The molecule has 2 amide bonds. The second-order valence-electron chi connectivity index (χ2n) is 7.04. The lowest BCUT2D eigenvalue weighted by atomic mass is 10.1. The largest absolute Gasteiger partial charge is 0.494 e. The molecule has 0 bridgehead atoms. The highest BCUT2D eigenvalue weighted by Gasteiger charge is 2.18. The third-order valence-electron chi connectivity index (χ3n) is 4.85. The van der Waals surface area contributed by atoms with Crippen molar-refractivity contribution in [2.75, 3.05) is 37.1 Å². The normalized spacial score (nSPS) is 10.3. The lowest BCUT2D eigenvalue weighted by Crippen LogP contribution is -2.30. The maximum Gasteiger partial charge on any atom is 0.262 e. The molecule has 172 valence electrons. The number of rotatable bonds is 10. The highest BCUT2D eigenvalue weighted by atomic mass is 16.5. The molecule has 33 heavy (non-hydrogen) atoms. The van der Waals surface area contributed by atoms with Crippen LogP contribution < -0.4 is 24.4 Å². The maximum absolute atomic E-state index is 13.0. The van der Waals surface area contributed by atoms with Crippen LogP contribution in [0.25, 0.3) is 0 Å². The summed E-state index contributed by atoms with van der Waals surface area (Å²) in [6.07, 6.45) is 0. The number of amides is 2. The molecule has 3 aromatic rings. The molecule has 0 aliphatic heterocycles.